The summed E-state index contributed by atoms with van der Waals surface area (Å²) >= 11 is 6.93. The third-order valence-corrected chi connectivity index (χ3v) is 4.05. The summed E-state index contributed by atoms with van der Waals surface area (Å²) in [6.45, 7) is 0. The molecule has 0 fully saturated rings. The SMILES string of the molecule is CS(=O)(=O)Nc1ccc(C(=O)Nc2nc(CCl)cs2)cc1. The number of anilines is 2. The molecule has 0 aliphatic heterocycles. The molecule has 112 valence electrons. The molecule has 0 atom stereocenters. The fourth-order valence-corrected chi connectivity index (χ4v) is 3.00. The summed E-state index contributed by atoms with van der Waals surface area (Å²) in [5.41, 5.74) is 1.49. The van der Waals surface area contributed by atoms with Crippen LogP contribution in [0.5, 0.6) is 0 Å². The summed E-state index contributed by atoms with van der Waals surface area (Å²) in [7, 11) is -3.33. The lowest BCUT2D eigenvalue weighted by molar-refractivity contribution is 0.102. The summed E-state index contributed by atoms with van der Waals surface area (Å²) in [6.07, 6.45) is 1.06. The van der Waals surface area contributed by atoms with Gasteiger partial charge in [-0.15, -0.1) is 22.9 Å². The number of nitrogens with zero attached hydrogens (tertiary/aromatic N) is 1. The predicted molar refractivity (Wildman–Crippen MR) is 84.5 cm³/mol. The highest BCUT2D eigenvalue weighted by atomic mass is 35.5. The van der Waals surface area contributed by atoms with Crippen molar-refractivity contribution < 1.29 is 13.2 Å². The molecule has 2 aromatic rings. The zero-order valence-electron chi connectivity index (χ0n) is 11.0. The van der Waals surface area contributed by atoms with Crippen molar-refractivity contribution in [3.05, 3.63) is 40.9 Å². The van der Waals surface area contributed by atoms with Crippen LogP contribution in [0.2, 0.25) is 0 Å². The fourth-order valence-electron chi connectivity index (χ4n) is 1.50. The first-order valence-corrected chi connectivity index (χ1v) is 9.07. The molecule has 1 heterocycles. The molecule has 1 aromatic heterocycles. The monoisotopic (exact) mass is 345 g/mol. The van der Waals surface area contributed by atoms with Gasteiger partial charge in [0.25, 0.3) is 5.91 Å². The Morgan fingerprint density at radius 1 is 1.33 bits per heavy atom. The second-order valence-electron chi connectivity index (χ2n) is 4.18. The van der Waals surface area contributed by atoms with Gasteiger partial charge >= 0.3 is 0 Å². The lowest BCUT2D eigenvalue weighted by Gasteiger charge is -2.05. The number of thiazole rings is 1. The van der Waals surface area contributed by atoms with Crippen molar-refractivity contribution in [1.29, 1.82) is 0 Å². The van der Waals surface area contributed by atoms with Crippen molar-refractivity contribution in [3.8, 4) is 0 Å². The molecule has 0 spiro atoms. The predicted octanol–water partition coefficient (Wildman–Crippen LogP) is 2.51. The van der Waals surface area contributed by atoms with E-state index in [-0.39, 0.29) is 11.8 Å². The summed E-state index contributed by atoms with van der Waals surface area (Å²) in [4.78, 5) is 16.1. The van der Waals surface area contributed by atoms with Gasteiger partial charge in [-0.1, -0.05) is 0 Å². The summed E-state index contributed by atoms with van der Waals surface area (Å²) < 4.78 is 24.5. The van der Waals surface area contributed by atoms with Crippen molar-refractivity contribution in [2.75, 3.05) is 16.3 Å². The van der Waals surface area contributed by atoms with E-state index >= 15 is 0 Å². The van der Waals surface area contributed by atoms with Crippen LogP contribution in [0.4, 0.5) is 10.8 Å². The number of sulfonamides is 1. The van der Waals surface area contributed by atoms with Gasteiger partial charge in [-0.2, -0.15) is 0 Å². The van der Waals surface area contributed by atoms with E-state index in [0.29, 0.717) is 22.1 Å². The van der Waals surface area contributed by atoms with Gasteiger partial charge in [-0.3, -0.25) is 14.8 Å². The number of rotatable bonds is 5. The minimum Gasteiger partial charge on any atom is -0.298 e. The Bertz CT molecular complexity index is 741. The van der Waals surface area contributed by atoms with Gasteiger partial charge in [0.05, 0.1) is 17.8 Å². The normalized spacial score (nSPS) is 11.1. The first kappa shape index (κ1) is 15.7. The minimum absolute atomic E-state index is 0.290. The van der Waals surface area contributed by atoms with Crippen molar-refractivity contribution in [1.82, 2.24) is 4.98 Å². The van der Waals surface area contributed by atoms with Gasteiger partial charge in [0, 0.05) is 16.6 Å². The molecule has 21 heavy (non-hydrogen) atoms. The van der Waals surface area contributed by atoms with Crippen molar-refractivity contribution >= 4 is 49.7 Å². The van der Waals surface area contributed by atoms with Gasteiger partial charge in [-0.05, 0) is 24.3 Å². The van der Waals surface area contributed by atoms with Gasteiger partial charge in [-0.25, -0.2) is 13.4 Å². The smallest absolute Gasteiger partial charge is 0.257 e. The van der Waals surface area contributed by atoms with Crippen LogP contribution in [-0.4, -0.2) is 25.6 Å². The fraction of sp³-hybridized carbons (Fsp3) is 0.167. The third kappa shape index (κ3) is 4.69. The zero-order chi connectivity index (χ0) is 15.5. The Hall–Kier alpha value is -1.64. The van der Waals surface area contributed by atoms with E-state index in [1.807, 2.05) is 0 Å². The summed E-state index contributed by atoms with van der Waals surface area (Å²) in [5, 5.41) is 4.88. The highest BCUT2D eigenvalue weighted by Crippen LogP contribution is 2.18. The van der Waals surface area contributed by atoms with E-state index in [2.05, 4.69) is 15.0 Å². The van der Waals surface area contributed by atoms with Crippen molar-refractivity contribution in [3.63, 3.8) is 0 Å². The number of hydrogen-bond acceptors (Lipinski definition) is 5. The molecule has 0 aliphatic carbocycles. The van der Waals surface area contributed by atoms with Crippen LogP contribution in [-0.2, 0) is 15.9 Å². The molecule has 0 aliphatic rings. The van der Waals surface area contributed by atoms with Gasteiger partial charge in [0.15, 0.2) is 5.13 Å². The number of nitrogens with one attached hydrogen (secondary N) is 2. The Labute approximate surface area is 131 Å². The van der Waals surface area contributed by atoms with Gasteiger partial charge in [0.2, 0.25) is 10.0 Å². The molecule has 9 heteroatoms. The molecule has 1 aromatic carbocycles. The van der Waals surface area contributed by atoms with Gasteiger partial charge < -0.3 is 0 Å². The minimum atomic E-state index is -3.33. The molecule has 0 unspecified atom stereocenters. The van der Waals surface area contributed by atoms with Crippen LogP contribution in [0.3, 0.4) is 0 Å². The van der Waals surface area contributed by atoms with Crippen molar-refractivity contribution in [2.24, 2.45) is 0 Å². The van der Waals surface area contributed by atoms with E-state index in [1.165, 1.54) is 35.6 Å². The topological polar surface area (TPSA) is 88.2 Å². The standard InChI is InChI=1S/C12H12ClN3O3S2/c1-21(18,19)16-9-4-2-8(3-5-9)11(17)15-12-14-10(6-13)7-20-12/h2-5,7,16H,6H2,1H3,(H,14,15,17). The number of benzene rings is 1. The number of carbonyl (C=O) groups is 1. The maximum atomic E-state index is 12.0. The van der Waals surface area contributed by atoms with Crippen molar-refractivity contribution in [2.45, 2.75) is 5.88 Å². The van der Waals surface area contributed by atoms with E-state index in [0.717, 1.165) is 6.26 Å². The zero-order valence-corrected chi connectivity index (χ0v) is 13.3. The molecule has 1 amide bonds. The Kier molecular flexibility index (Phi) is 4.81. The van der Waals surface area contributed by atoms with Gasteiger partial charge in [0.1, 0.15) is 0 Å². The van der Waals surface area contributed by atoms with E-state index in [4.69, 9.17) is 11.6 Å². The quantitative estimate of drug-likeness (QED) is 0.815. The van der Waals surface area contributed by atoms with Crippen LogP contribution < -0.4 is 10.0 Å². The number of halogens is 1. The van der Waals surface area contributed by atoms with E-state index < -0.39 is 10.0 Å². The summed E-state index contributed by atoms with van der Waals surface area (Å²) in [5.74, 6) is -0.0329. The second kappa shape index (κ2) is 6.42. The van der Waals surface area contributed by atoms with E-state index in [1.54, 1.807) is 5.38 Å². The number of amides is 1. The number of carbonyl (C=O) groups excluding carboxylic acids is 1. The lowest BCUT2D eigenvalue weighted by Crippen LogP contribution is -2.12. The first-order chi connectivity index (χ1) is 9.87. The molecule has 0 bridgehead atoms. The average Bonchev–Trinajstić information content (AvgIpc) is 2.85. The maximum absolute atomic E-state index is 12.0. The largest absolute Gasteiger partial charge is 0.298 e. The lowest BCUT2D eigenvalue weighted by atomic mass is 10.2. The van der Waals surface area contributed by atoms with Crippen LogP contribution in [0.15, 0.2) is 29.6 Å². The molecule has 2 rings (SSSR count). The second-order valence-corrected chi connectivity index (χ2v) is 7.06. The highest BCUT2D eigenvalue weighted by molar-refractivity contribution is 7.92. The van der Waals surface area contributed by atoms with Crippen LogP contribution in [0.25, 0.3) is 0 Å². The molecule has 0 saturated carbocycles. The van der Waals surface area contributed by atoms with Crippen LogP contribution >= 0.6 is 22.9 Å². The number of aromatic nitrogens is 1. The molecule has 2 N–H and O–H groups in total. The third-order valence-electron chi connectivity index (χ3n) is 2.36. The number of alkyl halides is 1. The molecule has 6 nitrogen and oxygen atoms in total. The molecular weight excluding hydrogens is 334 g/mol. The Morgan fingerprint density at radius 2 is 2.00 bits per heavy atom. The summed E-state index contributed by atoms with van der Waals surface area (Å²) in [6, 6.07) is 6.09. The first-order valence-electron chi connectivity index (χ1n) is 5.77. The molecular formula is C12H12ClN3O3S2. The highest BCUT2D eigenvalue weighted by Gasteiger charge is 2.09. The average molecular weight is 346 g/mol. The van der Waals surface area contributed by atoms with E-state index in [9.17, 15) is 13.2 Å². The number of hydrogen-bond donors (Lipinski definition) is 2. The van der Waals surface area contributed by atoms with Crippen LogP contribution in [0.1, 0.15) is 16.1 Å². The Balaban J connectivity index is 2.06. The maximum Gasteiger partial charge on any atom is 0.257 e. The molecule has 0 radical (unpaired) electrons. The molecule has 0 saturated heterocycles. The van der Waals surface area contributed by atoms with Crippen LogP contribution in [0, 0.1) is 0 Å². The Morgan fingerprint density at radius 3 is 2.52 bits per heavy atom.